The quantitative estimate of drug-likeness (QED) is 0.933. The third kappa shape index (κ3) is 3.26. The molecule has 0 saturated carbocycles. The normalized spacial score (nSPS) is 15.4. The number of aromatic nitrogens is 2. The van der Waals surface area contributed by atoms with Crippen LogP contribution < -0.4 is 5.32 Å². The lowest BCUT2D eigenvalue weighted by Gasteiger charge is -2.30. The van der Waals surface area contributed by atoms with Gasteiger partial charge in [-0.15, -0.1) is 0 Å². The number of carbonyl (C=O) groups excluding carboxylic acids is 2. The smallest absolute Gasteiger partial charge is 0.274 e. The van der Waals surface area contributed by atoms with Crippen molar-refractivity contribution in [3.63, 3.8) is 0 Å². The molecule has 1 aromatic heterocycles. The van der Waals surface area contributed by atoms with Gasteiger partial charge in [0.05, 0.1) is 5.69 Å². The van der Waals surface area contributed by atoms with Gasteiger partial charge >= 0.3 is 0 Å². The van der Waals surface area contributed by atoms with Crippen molar-refractivity contribution in [1.82, 2.24) is 20.0 Å². The number of rotatable bonds is 3. The fraction of sp³-hybridized carbons (Fsp3) is 0.353. The summed E-state index contributed by atoms with van der Waals surface area (Å²) in [5.41, 5.74) is 1.36. The molecule has 2 aromatic rings. The van der Waals surface area contributed by atoms with E-state index in [-0.39, 0.29) is 17.7 Å². The van der Waals surface area contributed by atoms with E-state index in [0.717, 1.165) is 5.69 Å². The van der Waals surface area contributed by atoms with Crippen LogP contribution in [0.15, 0.2) is 42.6 Å². The van der Waals surface area contributed by atoms with Gasteiger partial charge in [0.2, 0.25) is 5.91 Å². The molecule has 0 aliphatic carbocycles. The molecule has 1 N–H and O–H groups in total. The van der Waals surface area contributed by atoms with E-state index in [1.165, 1.54) is 0 Å². The molecule has 0 spiro atoms. The molecule has 1 aliphatic heterocycles. The van der Waals surface area contributed by atoms with Gasteiger partial charge in [0.25, 0.3) is 5.91 Å². The highest BCUT2D eigenvalue weighted by molar-refractivity contribution is 5.92. The maximum Gasteiger partial charge on any atom is 0.274 e. The molecular formula is C17H20N4O2. The molecule has 1 saturated heterocycles. The highest BCUT2D eigenvalue weighted by Gasteiger charge is 2.28. The van der Waals surface area contributed by atoms with Gasteiger partial charge in [-0.25, -0.2) is 4.68 Å². The zero-order chi connectivity index (χ0) is 16.2. The standard InChI is InChI=1S/C17H20N4O2/c1-18-16(22)13-7-10-20(11-8-13)17(23)15-9-12-21(19-15)14-5-3-2-4-6-14/h2-6,9,12-13H,7-8,10-11H2,1H3,(H,18,22). The van der Waals surface area contributed by atoms with Gasteiger partial charge in [-0.2, -0.15) is 5.10 Å². The van der Waals surface area contributed by atoms with Crippen LogP contribution in [0.2, 0.25) is 0 Å². The molecule has 1 aromatic carbocycles. The summed E-state index contributed by atoms with van der Waals surface area (Å²) in [6.45, 7) is 1.18. The first kappa shape index (κ1) is 15.3. The maximum atomic E-state index is 12.5. The molecule has 0 bridgehead atoms. The molecule has 1 aliphatic rings. The lowest BCUT2D eigenvalue weighted by molar-refractivity contribution is -0.125. The van der Waals surface area contributed by atoms with Crippen molar-refractivity contribution in [2.45, 2.75) is 12.8 Å². The predicted octanol–water partition coefficient (Wildman–Crippen LogP) is 1.47. The molecule has 2 heterocycles. The third-order valence-corrected chi connectivity index (χ3v) is 4.23. The summed E-state index contributed by atoms with van der Waals surface area (Å²) in [4.78, 5) is 26.0. The average Bonchev–Trinajstić information content (AvgIpc) is 3.11. The Kier molecular flexibility index (Phi) is 4.41. The van der Waals surface area contributed by atoms with E-state index in [0.29, 0.717) is 31.6 Å². The van der Waals surface area contributed by atoms with E-state index in [1.54, 1.807) is 28.9 Å². The minimum absolute atomic E-state index is 0.00549. The molecule has 0 radical (unpaired) electrons. The second-order valence-electron chi connectivity index (χ2n) is 5.66. The van der Waals surface area contributed by atoms with Crippen LogP contribution in [-0.2, 0) is 4.79 Å². The number of hydrogen-bond acceptors (Lipinski definition) is 3. The third-order valence-electron chi connectivity index (χ3n) is 4.23. The molecule has 2 amide bonds. The summed E-state index contributed by atoms with van der Waals surface area (Å²) in [7, 11) is 1.65. The Hall–Kier alpha value is -2.63. The Morgan fingerprint density at radius 1 is 1.13 bits per heavy atom. The molecule has 0 unspecified atom stereocenters. The minimum atomic E-state index is -0.0740. The highest BCUT2D eigenvalue weighted by Crippen LogP contribution is 2.19. The Labute approximate surface area is 135 Å². The first-order chi connectivity index (χ1) is 11.2. The first-order valence-corrected chi connectivity index (χ1v) is 7.81. The van der Waals surface area contributed by atoms with Gasteiger partial charge in [0.15, 0.2) is 5.69 Å². The Morgan fingerprint density at radius 2 is 1.83 bits per heavy atom. The molecule has 0 atom stereocenters. The van der Waals surface area contributed by atoms with Gasteiger partial charge in [-0.1, -0.05) is 18.2 Å². The second-order valence-corrected chi connectivity index (χ2v) is 5.66. The largest absolute Gasteiger partial charge is 0.359 e. The summed E-state index contributed by atoms with van der Waals surface area (Å²) >= 11 is 0. The second kappa shape index (κ2) is 6.64. The Balaban J connectivity index is 1.66. The molecule has 6 heteroatoms. The molecule has 6 nitrogen and oxygen atoms in total. The number of carbonyl (C=O) groups is 2. The van der Waals surface area contributed by atoms with Crippen LogP contribution in [0.4, 0.5) is 0 Å². The number of nitrogens with one attached hydrogen (secondary N) is 1. The van der Waals surface area contributed by atoms with Crippen LogP contribution in [0.5, 0.6) is 0 Å². The molecule has 3 rings (SSSR count). The number of nitrogens with zero attached hydrogens (tertiary/aromatic N) is 3. The molecule has 120 valence electrons. The number of amides is 2. The van der Waals surface area contributed by atoms with Crippen LogP contribution >= 0.6 is 0 Å². The zero-order valence-corrected chi connectivity index (χ0v) is 13.1. The highest BCUT2D eigenvalue weighted by atomic mass is 16.2. The monoisotopic (exact) mass is 312 g/mol. The van der Waals surface area contributed by atoms with Crippen LogP contribution in [0, 0.1) is 5.92 Å². The number of likely N-dealkylation sites (tertiary alicyclic amines) is 1. The van der Waals surface area contributed by atoms with Crippen LogP contribution in [0.3, 0.4) is 0 Å². The van der Waals surface area contributed by atoms with E-state index >= 15 is 0 Å². The topological polar surface area (TPSA) is 67.2 Å². The van der Waals surface area contributed by atoms with Crippen molar-refractivity contribution in [3.05, 3.63) is 48.3 Å². The van der Waals surface area contributed by atoms with Crippen molar-refractivity contribution in [3.8, 4) is 5.69 Å². The molecular weight excluding hydrogens is 292 g/mol. The fourth-order valence-electron chi connectivity index (χ4n) is 2.87. The number of benzene rings is 1. The summed E-state index contributed by atoms with van der Waals surface area (Å²) in [6.07, 6.45) is 3.19. The maximum absolute atomic E-state index is 12.5. The van der Waals surface area contributed by atoms with E-state index in [4.69, 9.17) is 0 Å². The first-order valence-electron chi connectivity index (χ1n) is 7.81. The summed E-state index contributed by atoms with van der Waals surface area (Å²) in [5, 5.41) is 7.05. The number of para-hydroxylation sites is 1. The Bertz CT molecular complexity index is 688. The van der Waals surface area contributed by atoms with Gasteiger partial charge in [0, 0.05) is 32.3 Å². The average molecular weight is 312 g/mol. The van der Waals surface area contributed by atoms with E-state index < -0.39 is 0 Å². The van der Waals surface area contributed by atoms with Crippen molar-refractivity contribution in [2.24, 2.45) is 5.92 Å². The Morgan fingerprint density at radius 3 is 2.48 bits per heavy atom. The fourth-order valence-corrected chi connectivity index (χ4v) is 2.87. The predicted molar refractivity (Wildman–Crippen MR) is 86.3 cm³/mol. The van der Waals surface area contributed by atoms with Crippen molar-refractivity contribution in [1.29, 1.82) is 0 Å². The van der Waals surface area contributed by atoms with Gasteiger partial charge in [-0.05, 0) is 31.0 Å². The lowest BCUT2D eigenvalue weighted by atomic mass is 9.96. The summed E-state index contributed by atoms with van der Waals surface area (Å²) < 4.78 is 1.70. The van der Waals surface area contributed by atoms with E-state index in [1.807, 2.05) is 30.3 Å². The minimum Gasteiger partial charge on any atom is -0.359 e. The van der Waals surface area contributed by atoms with Crippen molar-refractivity contribution < 1.29 is 9.59 Å². The number of piperidine rings is 1. The van der Waals surface area contributed by atoms with Crippen LogP contribution in [-0.4, -0.2) is 46.6 Å². The SMILES string of the molecule is CNC(=O)C1CCN(C(=O)c2ccn(-c3ccccc3)n2)CC1. The van der Waals surface area contributed by atoms with Gasteiger partial charge < -0.3 is 10.2 Å². The molecule has 23 heavy (non-hydrogen) atoms. The van der Waals surface area contributed by atoms with Crippen LogP contribution in [0.1, 0.15) is 23.3 Å². The zero-order valence-electron chi connectivity index (χ0n) is 13.1. The molecule has 1 fully saturated rings. The van der Waals surface area contributed by atoms with E-state index in [2.05, 4.69) is 10.4 Å². The van der Waals surface area contributed by atoms with Gasteiger partial charge in [0.1, 0.15) is 0 Å². The van der Waals surface area contributed by atoms with Crippen molar-refractivity contribution in [2.75, 3.05) is 20.1 Å². The van der Waals surface area contributed by atoms with E-state index in [9.17, 15) is 9.59 Å². The number of hydrogen-bond donors (Lipinski definition) is 1. The summed E-state index contributed by atoms with van der Waals surface area (Å²) in [6, 6.07) is 11.4. The lowest BCUT2D eigenvalue weighted by Crippen LogP contribution is -2.42. The van der Waals surface area contributed by atoms with Crippen LogP contribution in [0.25, 0.3) is 5.69 Å². The summed E-state index contributed by atoms with van der Waals surface area (Å²) in [5.74, 6) is -0.00795. The van der Waals surface area contributed by atoms with Crippen molar-refractivity contribution >= 4 is 11.8 Å². The van der Waals surface area contributed by atoms with Gasteiger partial charge in [-0.3, -0.25) is 9.59 Å².